The minimum Gasteiger partial charge on any atom is -0.423 e. The first-order valence-electron chi connectivity index (χ1n) is 8.25. The highest BCUT2D eigenvalue weighted by molar-refractivity contribution is 5.34. The van der Waals surface area contributed by atoms with Crippen LogP contribution in [-0.2, 0) is 6.54 Å². The molecule has 130 valence electrons. The lowest BCUT2D eigenvalue weighted by molar-refractivity contribution is 0.238. The predicted molar refractivity (Wildman–Crippen MR) is 93.7 cm³/mol. The molecule has 0 spiro atoms. The van der Waals surface area contributed by atoms with Crippen molar-refractivity contribution in [2.24, 2.45) is 0 Å². The third-order valence-electron chi connectivity index (χ3n) is 3.86. The second kappa shape index (κ2) is 8.36. The van der Waals surface area contributed by atoms with Gasteiger partial charge in [0.15, 0.2) is 0 Å². The summed E-state index contributed by atoms with van der Waals surface area (Å²) in [7, 11) is 0. The third-order valence-corrected chi connectivity index (χ3v) is 3.86. The maximum Gasteiger partial charge on any atom is 0.345 e. The zero-order chi connectivity index (χ0) is 17.5. The molecule has 3 rings (SSSR count). The van der Waals surface area contributed by atoms with Gasteiger partial charge < -0.3 is 15.2 Å². The van der Waals surface area contributed by atoms with Gasteiger partial charge in [0.1, 0.15) is 5.75 Å². The van der Waals surface area contributed by atoms with Crippen LogP contribution in [0.25, 0.3) is 5.69 Å². The number of para-hydroxylation sites is 1. The summed E-state index contributed by atoms with van der Waals surface area (Å²) in [6.07, 6.45) is 0.874. The molecule has 1 atom stereocenters. The van der Waals surface area contributed by atoms with Crippen LogP contribution in [0.1, 0.15) is 18.9 Å². The highest BCUT2D eigenvalue weighted by atomic mass is 16.5. The van der Waals surface area contributed by atoms with E-state index in [9.17, 15) is 5.11 Å². The van der Waals surface area contributed by atoms with E-state index in [1.165, 1.54) is 0 Å². The summed E-state index contributed by atoms with van der Waals surface area (Å²) in [6, 6.07) is 17.7. The zero-order valence-corrected chi connectivity index (χ0v) is 14.0. The first kappa shape index (κ1) is 17.1. The average molecular weight is 339 g/mol. The van der Waals surface area contributed by atoms with Crippen LogP contribution < -0.4 is 10.1 Å². The molecule has 1 unspecified atom stereocenters. The SMILES string of the molecule is CCC(CO)NCc1cccc(Oc2nnnn2-c2ccccc2)c1. The lowest BCUT2D eigenvalue weighted by Crippen LogP contribution is -2.31. The van der Waals surface area contributed by atoms with Crippen molar-refractivity contribution >= 4 is 0 Å². The number of ether oxygens (including phenoxy) is 1. The molecule has 3 aromatic rings. The lowest BCUT2D eigenvalue weighted by Gasteiger charge is -2.14. The quantitative estimate of drug-likeness (QED) is 0.655. The molecular formula is C18H21N5O2. The third kappa shape index (κ3) is 4.40. The summed E-state index contributed by atoms with van der Waals surface area (Å²) >= 11 is 0. The van der Waals surface area contributed by atoms with Crippen LogP contribution >= 0.6 is 0 Å². The molecule has 0 amide bonds. The second-order valence-corrected chi connectivity index (χ2v) is 5.63. The van der Waals surface area contributed by atoms with Gasteiger partial charge in [-0.2, -0.15) is 4.68 Å². The molecule has 0 radical (unpaired) electrons. The Labute approximate surface area is 146 Å². The van der Waals surface area contributed by atoms with E-state index in [2.05, 4.69) is 20.8 Å². The van der Waals surface area contributed by atoms with Crippen LogP contribution in [0.4, 0.5) is 0 Å². The molecule has 7 heteroatoms. The van der Waals surface area contributed by atoms with Crippen LogP contribution in [0.3, 0.4) is 0 Å². The predicted octanol–water partition coefficient (Wildman–Crippen LogP) is 2.32. The smallest absolute Gasteiger partial charge is 0.345 e. The molecule has 25 heavy (non-hydrogen) atoms. The minimum atomic E-state index is 0.0925. The standard InChI is InChI=1S/C18H21N5O2/c1-2-15(13-24)19-12-14-7-6-10-17(11-14)25-18-20-21-22-23(18)16-8-4-3-5-9-16/h3-11,15,19,24H,2,12-13H2,1H3. The first-order valence-corrected chi connectivity index (χ1v) is 8.25. The van der Waals surface area contributed by atoms with Crippen molar-refractivity contribution in [3.05, 3.63) is 60.2 Å². The van der Waals surface area contributed by atoms with Crippen molar-refractivity contribution in [2.75, 3.05) is 6.61 Å². The number of rotatable bonds is 8. The highest BCUT2D eigenvalue weighted by Crippen LogP contribution is 2.22. The van der Waals surface area contributed by atoms with Gasteiger partial charge in [-0.25, -0.2) is 0 Å². The molecule has 0 aliphatic rings. The van der Waals surface area contributed by atoms with Crippen LogP contribution in [0.2, 0.25) is 0 Å². The van der Waals surface area contributed by atoms with Gasteiger partial charge in [0.2, 0.25) is 0 Å². The Balaban J connectivity index is 1.72. The normalized spacial score (nSPS) is 12.1. The Morgan fingerprint density at radius 2 is 2.00 bits per heavy atom. The van der Waals surface area contributed by atoms with Gasteiger partial charge in [0, 0.05) is 12.6 Å². The highest BCUT2D eigenvalue weighted by Gasteiger charge is 2.11. The van der Waals surface area contributed by atoms with Crippen molar-refractivity contribution in [2.45, 2.75) is 25.9 Å². The molecule has 1 aromatic heterocycles. The Kier molecular flexibility index (Phi) is 5.71. The maximum absolute atomic E-state index is 9.26. The number of nitrogens with zero attached hydrogens (tertiary/aromatic N) is 4. The molecule has 0 aliphatic heterocycles. The number of tetrazole rings is 1. The zero-order valence-electron chi connectivity index (χ0n) is 14.0. The van der Waals surface area contributed by atoms with Gasteiger partial charge in [-0.1, -0.05) is 42.4 Å². The number of hydrogen-bond acceptors (Lipinski definition) is 6. The molecular weight excluding hydrogens is 318 g/mol. The maximum atomic E-state index is 9.26. The van der Waals surface area contributed by atoms with E-state index in [4.69, 9.17) is 4.74 Å². The van der Waals surface area contributed by atoms with Crippen molar-refractivity contribution in [3.8, 4) is 17.4 Å². The van der Waals surface area contributed by atoms with E-state index >= 15 is 0 Å². The fraction of sp³-hybridized carbons (Fsp3) is 0.278. The van der Waals surface area contributed by atoms with Gasteiger partial charge in [0.05, 0.1) is 12.3 Å². The van der Waals surface area contributed by atoms with Crippen LogP contribution in [-0.4, -0.2) is 38.0 Å². The molecule has 0 aliphatic carbocycles. The van der Waals surface area contributed by atoms with Gasteiger partial charge in [0.25, 0.3) is 0 Å². The molecule has 2 aromatic carbocycles. The summed E-state index contributed by atoms with van der Waals surface area (Å²) < 4.78 is 7.40. The minimum absolute atomic E-state index is 0.0925. The van der Waals surface area contributed by atoms with E-state index in [1.54, 1.807) is 4.68 Å². The van der Waals surface area contributed by atoms with Gasteiger partial charge in [-0.05, 0) is 46.7 Å². The lowest BCUT2D eigenvalue weighted by atomic mass is 10.2. The van der Waals surface area contributed by atoms with E-state index in [-0.39, 0.29) is 12.6 Å². The van der Waals surface area contributed by atoms with Crippen molar-refractivity contribution in [3.63, 3.8) is 0 Å². The van der Waals surface area contributed by atoms with Crippen LogP contribution in [0.5, 0.6) is 11.8 Å². The number of aromatic nitrogens is 4. The summed E-state index contributed by atoms with van der Waals surface area (Å²) in [5, 5.41) is 24.2. The summed E-state index contributed by atoms with van der Waals surface area (Å²) in [6.45, 7) is 2.81. The molecule has 1 heterocycles. The van der Waals surface area contributed by atoms with Gasteiger partial charge >= 0.3 is 6.01 Å². The second-order valence-electron chi connectivity index (χ2n) is 5.63. The van der Waals surface area contributed by atoms with E-state index in [0.717, 1.165) is 17.7 Å². The number of nitrogens with one attached hydrogen (secondary N) is 1. The van der Waals surface area contributed by atoms with Crippen molar-refractivity contribution < 1.29 is 9.84 Å². The molecule has 0 saturated heterocycles. The van der Waals surface area contributed by atoms with E-state index in [1.807, 2.05) is 61.5 Å². The molecule has 0 bridgehead atoms. The molecule has 2 N–H and O–H groups in total. The number of benzene rings is 2. The fourth-order valence-corrected chi connectivity index (χ4v) is 2.40. The Morgan fingerprint density at radius 3 is 2.76 bits per heavy atom. The molecule has 0 fully saturated rings. The monoisotopic (exact) mass is 339 g/mol. The van der Waals surface area contributed by atoms with E-state index in [0.29, 0.717) is 18.3 Å². The Bertz CT molecular complexity index is 787. The van der Waals surface area contributed by atoms with Crippen LogP contribution in [0.15, 0.2) is 54.6 Å². The van der Waals surface area contributed by atoms with Crippen molar-refractivity contribution in [1.29, 1.82) is 0 Å². The average Bonchev–Trinajstić information content (AvgIpc) is 3.12. The molecule has 7 nitrogen and oxygen atoms in total. The first-order chi connectivity index (χ1) is 12.3. The summed E-state index contributed by atoms with van der Waals surface area (Å²) in [4.78, 5) is 0. The number of aliphatic hydroxyl groups excluding tert-OH is 1. The van der Waals surface area contributed by atoms with E-state index < -0.39 is 0 Å². The topological polar surface area (TPSA) is 85.1 Å². The largest absolute Gasteiger partial charge is 0.423 e. The van der Waals surface area contributed by atoms with Gasteiger partial charge in [-0.15, -0.1) is 0 Å². The van der Waals surface area contributed by atoms with Gasteiger partial charge in [-0.3, -0.25) is 0 Å². The van der Waals surface area contributed by atoms with Crippen molar-refractivity contribution in [1.82, 2.24) is 25.5 Å². The number of aliphatic hydroxyl groups is 1. The fourth-order valence-electron chi connectivity index (χ4n) is 2.40. The summed E-state index contributed by atoms with van der Waals surface area (Å²) in [5.74, 6) is 0.656. The molecule has 0 saturated carbocycles. The number of hydrogen-bond donors (Lipinski definition) is 2. The Morgan fingerprint density at radius 1 is 1.16 bits per heavy atom. The van der Waals surface area contributed by atoms with Crippen LogP contribution in [0, 0.1) is 0 Å². The summed E-state index contributed by atoms with van der Waals surface area (Å²) in [5.41, 5.74) is 1.89. The Hall–Kier alpha value is -2.77.